The minimum Gasteiger partial charge on any atom is -0.478 e. The molecule has 1 aromatic heterocycles. The van der Waals surface area contributed by atoms with E-state index < -0.39 is 5.97 Å². The SMILES string of the molecule is O=C(O)C=CCN(Cc1ccsc1)C1CC1. The van der Waals surface area contributed by atoms with E-state index in [0.29, 0.717) is 6.04 Å². The van der Waals surface area contributed by atoms with Crippen molar-refractivity contribution < 1.29 is 9.90 Å². The van der Waals surface area contributed by atoms with E-state index in [2.05, 4.69) is 21.7 Å². The van der Waals surface area contributed by atoms with Crippen LogP contribution in [0.4, 0.5) is 0 Å². The number of carboxylic acids is 1. The first-order chi connectivity index (χ1) is 7.75. The summed E-state index contributed by atoms with van der Waals surface area (Å²) in [7, 11) is 0. The van der Waals surface area contributed by atoms with E-state index in [1.165, 1.54) is 24.5 Å². The van der Waals surface area contributed by atoms with Crippen LogP contribution in [-0.4, -0.2) is 28.6 Å². The molecule has 1 aromatic rings. The fourth-order valence-electron chi connectivity index (χ4n) is 1.69. The second kappa shape index (κ2) is 5.27. The van der Waals surface area contributed by atoms with Gasteiger partial charge < -0.3 is 5.11 Å². The van der Waals surface area contributed by atoms with Gasteiger partial charge in [0.15, 0.2) is 0 Å². The lowest BCUT2D eigenvalue weighted by Crippen LogP contribution is -2.25. The summed E-state index contributed by atoms with van der Waals surface area (Å²) in [6, 6.07) is 2.78. The van der Waals surface area contributed by atoms with E-state index in [9.17, 15) is 4.79 Å². The Labute approximate surface area is 99.0 Å². The Balaban J connectivity index is 1.87. The number of hydrogen-bond acceptors (Lipinski definition) is 3. The molecule has 0 radical (unpaired) electrons. The molecule has 0 spiro atoms. The van der Waals surface area contributed by atoms with Gasteiger partial charge in [0.1, 0.15) is 0 Å². The first-order valence-electron chi connectivity index (χ1n) is 5.40. The molecular formula is C12H15NO2S. The van der Waals surface area contributed by atoms with Crippen LogP contribution >= 0.6 is 11.3 Å². The van der Waals surface area contributed by atoms with Gasteiger partial charge in [0.2, 0.25) is 0 Å². The highest BCUT2D eigenvalue weighted by Gasteiger charge is 2.28. The van der Waals surface area contributed by atoms with Crippen LogP contribution in [0.3, 0.4) is 0 Å². The standard InChI is InChI=1S/C12H15NO2S/c14-12(15)2-1-6-13(11-3-4-11)8-10-5-7-16-9-10/h1-2,5,7,9,11H,3-4,6,8H2,(H,14,15). The van der Waals surface area contributed by atoms with Gasteiger partial charge in [-0.3, -0.25) is 4.90 Å². The number of carboxylic acid groups (broad SMARTS) is 1. The maximum absolute atomic E-state index is 10.4. The minimum absolute atomic E-state index is 0.651. The van der Waals surface area contributed by atoms with Gasteiger partial charge in [-0.15, -0.1) is 0 Å². The predicted molar refractivity (Wildman–Crippen MR) is 64.5 cm³/mol. The molecule has 0 unspecified atom stereocenters. The smallest absolute Gasteiger partial charge is 0.328 e. The number of carbonyl (C=O) groups is 1. The third-order valence-electron chi connectivity index (χ3n) is 2.63. The Hall–Kier alpha value is -1.13. The first-order valence-corrected chi connectivity index (χ1v) is 6.34. The Bertz CT molecular complexity index is 368. The second-order valence-electron chi connectivity index (χ2n) is 4.03. The van der Waals surface area contributed by atoms with Crippen molar-refractivity contribution in [2.75, 3.05) is 6.54 Å². The number of aliphatic carboxylic acids is 1. The second-order valence-corrected chi connectivity index (χ2v) is 4.81. The highest BCUT2D eigenvalue weighted by Crippen LogP contribution is 2.28. The van der Waals surface area contributed by atoms with Crippen LogP contribution in [0, 0.1) is 0 Å². The fourth-order valence-corrected chi connectivity index (χ4v) is 2.35. The van der Waals surface area contributed by atoms with Crippen LogP contribution < -0.4 is 0 Å². The van der Waals surface area contributed by atoms with Crippen molar-refractivity contribution in [2.24, 2.45) is 0 Å². The van der Waals surface area contributed by atoms with Crippen molar-refractivity contribution in [3.05, 3.63) is 34.5 Å². The summed E-state index contributed by atoms with van der Waals surface area (Å²) < 4.78 is 0. The molecule has 0 aliphatic heterocycles. The molecule has 1 saturated carbocycles. The van der Waals surface area contributed by atoms with Crippen molar-refractivity contribution >= 4 is 17.3 Å². The molecule has 0 amide bonds. The largest absolute Gasteiger partial charge is 0.478 e. The molecule has 0 aromatic carbocycles. The maximum Gasteiger partial charge on any atom is 0.328 e. The number of nitrogens with zero attached hydrogens (tertiary/aromatic N) is 1. The first kappa shape index (κ1) is 11.4. The molecule has 3 nitrogen and oxygen atoms in total. The number of thiophene rings is 1. The van der Waals surface area contributed by atoms with Crippen molar-refractivity contribution in [3.8, 4) is 0 Å². The summed E-state index contributed by atoms with van der Waals surface area (Å²) in [6.45, 7) is 1.66. The normalized spacial score (nSPS) is 16.1. The monoisotopic (exact) mass is 237 g/mol. The molecule has 4 heteroatoms. The molecule has 0 atom stereocenters. The lowest BCUT2D eigenvalue weighted by atomic mass is 10.3. The molecule has 1 heterocycles. The van der Waals surface area contributed by atoms with Gasteiger partial charge in [-0.05, 0) is 35.2 Å². The van der Waals surface area contributed by atoms with Crippen molar-refractivity contribution in [2.45, 2.75) is 25.4 Å². The molecule has 16 heavy (non-hydrogen) atoms. The van der Waals surface area contributed by atoms with Crippen molar-refractivity contribution in [1.29, 1.82) is 0 Å². The van der Waals surface area contributed by atoms with Gasteiger partial charge >= 0.3 is 5.97 Å². The van der Waals surface area contributed by atoms with Crippen molar-refractivity contribution in [1.82, 2.24) is 4.90 Å². The average molecular weight is 237 g/mol. The molecule has 1 aliphatic carbocycles. The van der Waals surface area contributed by atoms with Gasteiger partial charge in [0.05, 0.1) is 0 Å². The van der Waals surface area contributed by atoms with Crippen LogP contribution in [-0.2, 0) is 11.3 Å². The van der Waals surface area contributed by atoms with Crippen LogP contribution in [0.2, 0.25) is 0 Å². The Morgan fingerprint density at radius 2 is 2.44 bits per heavy atom. The average Bonchev–Trinajstić information content (AvgIpc) is 2.96. The molecule has 0 bridgehead atoms. The summed E-state index contributed by atoms with van der Waals surface area (Å²) in [4.78, 5) is 12.7. The van der Waals surface area contributed by atoms with E-state index in [-0.39, 0.29) is 0 Å². The summed E-state index contributed by atoms with van der Waals surface area (Å²) in [5, 5.41) is 12.8. The Kier molecular flexibility index (Phi) is 3.74. The zero-order valence-electron chi connectivity index (χ0n) is 9.00. The lowest BCUT2D eigenvalue weighted by Gasteiger charge is -2.19. The molecule has 1 aliphatic rings. The van der Waals surface area contributed by atoms with Gasteiger partial charge in [0.25, 0.3) is 0 Å². The quantitative estimate of drug-likeness (QED) is 0.772. The number of rotatable bonds is 6. The van der Waals surface area contributed by atoms with Gasteiger partial charge in [-0.2, -0.15) is 11.3 Å². The summed E-state index contributed by atoms with van der Waals surface area (Å²) in [5.74, 6) is -0.869. The van der Waals surface area contributed by atoms with E-state index in [4.69, 9.17) is 5.11 Å². The van der Waals surface area contributed by atoms with E-state index in [1.54, 1.807) is 17.4 Å². The van der Waals surface area contributed by atoms with E-state index in [1.807, 2.05) is 0 Å². The fraction of sp³-hybridized carbons (Fsp3) is 0.417. The van der Waals surface area contributed by atoms with Crippen molar-refractivity contribution in [3.63, 3.8) is 0 Å². The van der Waals surface area contributed by atoms with Crippen LogP contribution in [0.1, 0.15) is 18.4 Å². The number of hydrogen-bond donors (Lipinski definition) is 1. The van der Waals surface area contributed by atoms with E-state index in [0.717, 1.165) is 13.1 Å². The maximum atomic E-state index is 10.4. The highest BCUT2D eigenvalue weighted by molar-refractivity contribution is 7.07. The summed E-state index contributed by atoms with van der Waals surface area (Å²) in [5.41, 5.74) is 1.32. The minimum atomic E-state index is -0.869. The van der Waals surface area contributed by atoms with E-state index >= 15 is 0 Å². The zero-order valence-corrected chi connectivity index (χ0v) is 9.82. The molecule has 0 saturated heterocycles. The van der Waals surface area contributed by atoms with Gasteiger partial charge in [0, 0.05) is 25.2 Å². The zero-order chi connectivity index (χ0) is 11.4. The van der Waals surface area contributed by atoms with Gasteiger partial charge in [-0.25, -0.2) is 4.79 Å². The molecule has 86 valence electrons. The summed E-state index contributed by atoms with van der Waals surface area (Å²) in [6.07, 6.45) is 5.44. The molecule has 2 rings (SSSR count). The highest BCUT2D eigenvalue weighted by atomic mass is 32.1. The molecule has 1 fully saturated rings. The topological polar surface area (TPSA) is 40.5 Å². The predicted octanol–water partition coefficient (Wildman–Crippen LogP) is 2.35. The van der Waals surface area contributed by atoms with Gasteiger partial charge in [-0.1, -0.05) is 6.08 Å². The van der Waals surface area contributed by atoms with Crippen LogP contribution in [0.5, 0.6) is 0 Å². The van der Waals surface area contributed by atoms with Crippen LogP contribution in [0.25, 0.3) is 0 Å². The Morgan fingerprint density at radius 1 is 1.62 bits per heavy atom. The Morgan fingerprint density at radius 3 is 3.00 bits per heavy atom. The molecule has 1 N–H and O–H groups in total. The molecular weight excluding hydrogens is 222 g/mol. The third kappa shape index (κ3) is 3.47. The van der Waals surface area contributed by atoms with Crippen LogP contribution in [0.15, 0.2) is 29.0 Å². The third-order valence-corrected chi connectivity index (χ3v) is 3.36. The lowest BCUT2D eigenvalue weighted by molar-refractivity contribution is -0.131. The summed E-state index contributed by atoms with van der Waals surface area (Å²) >= 11 is 1.70.